The molecular formula is C15H18N2O3. The molecule has 3 rings (SSSR count). The standard InChI is InChI=1S/C15H18N2O3/c18-8-7-17(10-3-1-2-4-10)11-5-6-12-13(9-11)16-15(20)14(12)19/h5-6,9-10,18H,1-4,7-8H2,(H,16,19,20). The number of aliphatic hydroxyl groups is 1. The number of carbonyl (C=O) groups is 2. The first-order valence-corrected chi connectivity index (χ1v) is 7.08. The number of nitrogens with zero attached hydrogens (tertiary/aromatic N) is 1. The largest absolute Gasteiger partial charge is 0.395 e. The maximum absolute atomic E-state index is 11.6. The van der Waals surface area contributed by atoms with Crippen LogP contribution in [0.4, 0.5) is 11.4 Å². The fraction of sp³-hybridized carbons (Fsp3) is 0.467. The van der Waals surface area contributed by atoms with E-state index in [1.807, 2.05) is 12.1 Å². The Hall–Kier alpha value is -1.88. The van der Waals surface area contributed by atoms with Crippen LogP contribution in [-0.4, -0.2) is 36.0 Å². The highest BCUT2D eigenvalue weighted by Crippen LogP contribution is 2.32. The summed E-state index contributed by atoms with van der Waals surface area (Å²) in [5, 5.41) is 11.9. The van der Waals surface area contributed by atoms with Gasteiger partial charge in [0, 0.05) is 18.3 Å². The first-order valence-electron chi connectivity index (χ1n) is 7.08. The number of ketones is 1. The summed E-state index contributed by atoms with van der Waals surface area (Å²) in [5.74, 6) is -1.03. The van der Waals surface area contributed by atoms with Gasteiger partial charge in [0.25, 0.3) is 11.7 Å². The van der Waals surface area contributed by atoms with Gasteiger partial charge in [-0.1, -0.05) is 12.8 Å². The molecule has 1 saturated carbocycles. The van der Waals surface area contributed by atoms with E-state index in [0.717, 1.165) is 18.5 Å². The van der Waals surface area contributed by atoms with Crippen LogP contribution in [0.2, 0.25) is 0 Å². The molecule has 1 heterocycles. The first-order chi connectivity index (χ1) is 9.70. The number of anilines is 2. The smallest absolute Gasteiger partial charge is 0.296 e. The molecule has 5 nitrogen and oxygen atoms in total. The van der Waals surface area contributed by atoms with E-state index < -0.39 is 11.7 Å². The van der Waals surface area contributed by atoms with Crippen LogP contribution in [0.25, 0.3) is 0 Å². The van der Waals surface area contributed by atoms with Gasteiger partial charge in [-0.15, -0.1) is 0 Å². The van der Waals surface area contributed by atoms with E-state index in [9.17, 15) is 14.7 Å². The fourth-order valence-corrected chi connectivity index (χ4v) is 3.16. The van der Waals surface area contributed by atoms with Gasteiger partial charge in [0.15, 0.2) is 0 Å². The van der Waals surface area contributed by atoms with E-state index >= 15 is 0 Å². The Morgan fingerprint density at radius 2 is 2.00 bits per heavy atom. The van der Waals surface area contributed by atoms with Gasteiger partial charge < -0.3 is 15.3 Å². The number of fused-ring (bicyclic) bond motifs is 1. The van der Waals surface area contributed by atoms with Crippen LogP contribution in [0.5, 0.6) is 0 Å². The van der Waals surface area contributed by atoms with Crippen LogP contribution in [-0.2, 0) is 4.79 Å². The highest BCUT2D eigenvalue weighted by Gasteiger charge is 2.29. The van der Waals surface area contributed by atoms with Crippen LogP contribution in [0.3, 0.4) is 0 Å². The number of rotatable bonds is 4. The van der Waals surface area contributed by atoms with Gasteiger partial charge >= 0.3 is 0 Å². The highest BCUT2D eigenvalue weighted by atomic mass is 16.3. The second-order valence-electron chi connectivity index (χ2n) is 5.37. The van der Waals surface area contributed by atoms with E-state index in [4.69, 9.17) is 0 Å². The average molecular weight is 274 g/mol. The minimum absolute atomic E-state index is 0.0961. The maximum Gasteiger partial charge on any atom is 0.296 e. The van der Waals surface area contributed by atoms with Crippen molar-refractivity contribution in [2.75, 3.05) is 23.4 Å². The topological polar surface area (TPSA) is 69.6 Å². The Bertz CT molecular complexity index is 550. The lowest BCUT2D eigenvalue weighted by Gasteiger charge is -2.30. The predicted octanol–water partition coefficient (Wildman–Crippen LogP) is 1.56. The van der Waals surface area contributed by atoms with Crippen LogP contribution in [0, 0.1) is 0 Å². The lowest BCUT2D eigenvalue weighted by Crippen LogP contribution is -2.35. The monoisotopic (exact) mass is 274 g/mol. The zero-order chi connectivity index (χ0) is 14.1. The molecule has 0 radical (unpaired) electrons. The number of aliphatic hydroxyl groups excluding tert-OH is 1. The molecule has 1 aliphatic carbocycles. The fourth-order valence-electron chi connectivity index (χ4n) is 3.16. The van der Waals surface area contributed by atoms with Crippen LogP contribution in [0.1, 0.15) is 36.0 Å². The quantitative estimate of drug-likeness (QED) is 0.818. The van der Waals surface area contributed by atoms with Gasteiger partial charge in [0.05, 0.1) is 17.9 Å². The lowest BCUT2D eigenvalue weighted by molar-refractivity contribution is -0.112. The average Bonchev–Trinajstić information content (AvgIpc) is 3.06. The van der Waals surface area contributed by atoms with Gasteiger partial charge in [0.2, 0.25) is 0 Å². The highest BCUT2D eigenvalue weighted by molar-refractivity contribution is 6.51. The molecule has 0 unspecified atom stereocenters. The number of carbonyl (C=O) groups excluding carboxylic acids is 2. The maximum atomic E-state index is 11.6. The summed E-state index contributed by atoms with van der Waals surface area (Å²) in [7, 11) is 0. The van der Waals surface area contributed by atoms with Crippen molar-refractivity contribution in [2.24, 2.45) is 0 Å². The first kappa shape index (κ1) is 13.1. The van der Waals surface area contributed by atoms with Crippen LogP contribution in [0.15, 0.2) is 18.2 Å². The van der Waals surface area contributed by atoms with Gasteiger partial charge in [-0.25, -0.2) is 0 Å². The molecule has 106 valence electrons. The molecule has 0 spiro atoms. The number of amides is 1. The summed E-state index contributed by atoms with van der Waals surface area (Å²) in [6, 6.07) is 5.84. The summed E-state index contributed by atoms with van der Waals surface area (Å²) < 4.78 is 0. The Labute approximate surface area is 117 Å². The van der Waals surface area contributed by atoms with Crippen molar-refractivity contribution in [3.05, 3.63) is 23.8 Å². The number of hydrogen-bond acceptors (Lipinski definition) is 4. The van der Waals surface area contributed by atoms with Gasteiger partial charge in [-0.3, -0.25) is 9.59 Å². The van der Waals surface area contributed by atoms with Gasteiger partial charge in [-0.2, -0.15) is 0 Å². The third-order valence-electron chi connectivity index (χ3n) is 4.14. The molecule has 0 aromatic heterocycles. The molecule has 0 bridgehead atoms. The molecule has 0 atom stereocenters. The van der Waals surface area contributed by atoms with Crippen molar-refractivity contribution in [3.8, 4) is 0 Å². The molecule has 2 aliphatic rings. The molecule has 20 heavy (non-hydrogen) atoms. The summed E-state index contributed by atoms with van der Waals surface area (Å²) in [4.78, 5) is 25.2. The van der Waals surface area contributed by atoms with Crippen molar-refractivity contribution < 1.29 is 14.7 Å². The third kappa shape index (κ3) is 2.18. The van der Waals surface area contributed by atoms with E-state index in [1.54, 1.807) is 6.07 Å². The minimum atomic E-state index is -0.563. The number of Topliss-reactive ketones (excluding diaryl/α,β-unsaturated/α-hetero) is 1. The van der Waals surface area contributed by atoms with Crippen molar-refractivity contribution >= 4 is 23.1 Å². The van der Waals surface area contributed by atoms with Gasteiger partial charge in [-0.05, 0) is 31.0 Å². The van der Waals surface area contributed by atoms with Crippen molar-refractivity contribution in [2.45, 2.75) is 31.7 Å². The summed E-state index contributed by atoms with van der Waals surface area (Å²) >= 11 is 0. The molecule has 1 aromatic carbocycles. The molecule has 1 aromatic rings. The number of nitrogens with one attached hydrogen (secondary N) is 1. The van der Waals surface area contributed by atoms with E-state index in [2.05, 4.69) is 10.2 Å². The second-order valence-corrected chi connectivity index (χ2v) is 5.37. The molecule has 1 fully saturated rings. The van der Waals surface area contributed by atoms with Crippen LogP contribution >= 0.6 is 0 Å². The number of benzene rings is 1. The summed E-state index contributed by atoms with van der Waals surface area (Å²) in [6.45, 7) is 0.671. The lowest BCUT2D eigenvalue weighted by atomic mass is 10.1. The second kappa shape index (κ2) is 5.25. The summed E-state index contributed by atoms with van der Waals surface area (Å²) in [5.41, 5.74) is 1.98. The zero-order valence-electron chi connectivity index (χ0n) is 11.3. The Kier molecular flexibility index (Phi) is 3.44. The van der Waals surface area contributed by atoms with Crippen LogP contribution < -0.4 is 10.2 Å². The molecule has 0 saturated heterocycles. The van der Waals surface area contributed by atoms with Crippen molar-refractivity contribution in [1.29, 1.82) is 0 Å². The normalized spacial score (nSPS) is 18.2. The summed E-state index contributed by atoms with van der Waals surface area (Å²) in [6.07, 6.45) is 4.68. The molecular weight excluding hydrogens is 256 g/mol. The Balaban J connectivity index is 1.90. The van der Waals surface area contributed by atoms with Gasteiger partial charge in [0.1, 0.15) is 0 Å². The molecule has 1 amide bonds. The zero-order valence-corrected chi connectivity index (χ0v) is 11.3. The van der Waals surface area contributed by atoms with E-state index in [1.165, 1.54) is 12.8 Å². The van der Waals surface area contributed by atoms with E-state index in [-0.39, 0.29) is 6.61 Å². The molecule has 2 N–H and O–H groups in total. The third-order valence-corrected chi connectivity index (χ3v) is 4.14. The Morgan fingerprint density at radius 3 is 2.70 bits per heavy atom. The van der Waals surface area contributed by atoms with E-state index in [0.29, 0.717) is 23.8 Å². The van der Waals surface area contributed by atoms with Crippen molar-refractivity contribution in [3.63, 3.8) is 0 Å². The SMILES string of the molecule is O=C1Nc2cc(N(CCO)C3CCCC3)ccc2C1=O. The number of hydrogen-bond donors (Lipinski definition) is 2. The molecule has 5 heteroatoms. The van der Waals surface area contributed by atoms with Crippen molar-refractivity contribution in [1.82, 2.24) is 0 Å². The predicted molar refractivity (Wildman–Crippen MR) is 76.1 cm³/mol. The Morgan fingerprint density at radius 1 is 1.25 bits per heavy atom. The minimum Gasteiger partial charge on any atom is -0.395 e. The molecule has 1 aliphatic heterocycles.